The summed E-state index contributed by atoms with van der Waals surface area (Å²) in [5.74, 6) is -0.0794. The summed E-state index contributed by atoms with van der Waals surface area (Å²) in [6.07, 6.45) is 8.21. The maximum absolute atomic E-state index is 13.0. The van der Waals surface area contributed by atoms with E-state index in [0.717, 1.165) is 12.8 Å². The van der Waals surface area contributed by atoms with Gasteiger partial charge in [0.1, 0.15) is 16.5 Å². The number of anilines is 1. The van der Waals surface area contributed by atoms with E-state index in [4.69, 9.17) is 21.7 Å². The van der Waals surface area contributed by atoms with Gasteiger partial charge < -0.3 is 15.0 Å². The van der Waals surface area contributed by atoms with Crippen LogP contribution in [-0.4, -0.2) is 51.7 Å². The molecule has 0 saturated heterocycles. The van der Waals surface area contributed by atoms with Crippen LogP contribution in [0.4, 0.5) is 5.69 Å². The van der Waals surface area contributed by atoms with Crippen molar-refractivity contribution in [2.75, 3.05) is 31.6 Å². The maximum atomic E-state index is 13.0. The Morgan fingerprint density at radius 3 is 2.36 bits per heavy atom. The Hall–Kier alpha value is -2.88. The number of halogens is 1. The van der Waals surface area contributed by atoms with Crippen LogP contribution in [0.15, 0.2) is 65.3 Å². The summed E-state index contributed by atoms with van der Waals surface area (Å²) in [5, 5.41) is 8.56. The highest BCUT2D eigenvalue weighted by atomic mass is 35.5. The van der Waals surface area contributed by atoms with Crippen molar-refractivity contribution in [1.29, 1.82) is 0 Å². The summed E-state index contributed by atoms with van der Waals surface area (Å²) in [7, 11) is -3.53. The number of nitrogens with one attached hydrogen (secondary N) is 2. The highest BCUT2D eigenvalue weighted by Gasteiger charge is 2.20. The minimum atomic E-state index is -3.53. The average molecular weight is 578 g/mol. The van der Waals surface area contributed by atoms with Crippen molar-refractivity contribution in [1.82, 2.24) is 9.62 Å². The lowest BCUT2D eigenvalue weighted by atomic mass is 10.1. The number of hydrogen-bond donors (Lipinski definition) is 3. The van der Waals surface area contributed by atoms with Gasteiger partial charge in [-0.05, 0) is 31.0 Å². The third-order valence-electron chi connectivity index (χ3n) is 6.10. The highest BCUT2D eigenvalue weighted by Crippen LogP contribution is 2.26. The normalized spacial score (nSPS) is 12.0. The van der Waals surface area contributed by atoms with Crippen LogP contribution in [0, 0.1) is 0 Å². The number of carbonyl (C=O) groups excluding carboxylic acids is 1. The van der Waals surface area contributed by atoms with E-state index in [9.17, 15) is 13.2 Å². The number of unbranched alkanes of at least 4 members (excludes halogenated alkanes) is 5. The molecule has 0 atom stereocenters. The van der Waals surface area contributed by atoms with Gasteiger partial charge in [0.2, 0.25) is 10.0 Å². The molecule has 0 saturated carbocycles. The van der Waals surface area contributed by atoms with Gasteiger partial charge in [0.05, 0.1) is 18.0 Å². The van der Waals surface area contributed by atoms with Crippen molar-refractivity contribution in [3.05, 3.63) is 70.9 Å². The minimum absolute atomic E-state index is 0.0998. The minimum Gasteiger partial charge on any atom is -0.491 e. The van der Waals surface area contributed by atoms with Gasteiger partial charge in [0.25, 0.3) is 5.91 Å². The van der Waals surface area contributed by atoms with Gasteiger partial charge in [0.15, 0.2) is 6.21 Å². The lowest BCUT2D eigenvalue weighted by molar-refractivity contribution is -0.113. The molecular formula is C29H42ClN4O4S+. The Bertz CT molecular complexity index is 1170. The van der Waals surface area contributed by atoms with Crippen LogP contribution in [0.1, 0.15) is 57.9 Å². The summed E-state index contributed by atoms with van der Waals surface area (Å²) in [6.45, 7) is 5.49. The van der Waals surface area contributed by atoms with Crippen LogP contribution in [0.2, 0.25) is 0 Å². The van der Waals surface area contributed by atoms with E-state index in [1.165, 1.54) is 31.9 Å². The molecule has 0 spiro atoms. The van der Waals surface area contributed by atoms with Crippen LogP contribution in [0.5, 0.6) is 5.75 Å². The molecule has 1 amide bonds. The number of rotatable bonds is 19. The van der Waals surface area contributed by atoms with Gasteiger partial charge in [0, 0.05) is 19.6 Å². The Labute approximate surface area is 238 Å². The number of benzene rings is 2. The van der Waals surface area contributed by atoms with Crippen molar-refractivity contribution < 1.29 is 23.4 Å². The fourth-order valence-corrected chi connectivity index (χ4v) is 5.37. The molecule has 214 valence electrons. The predicted molar refractivity (Wildman–Crippen MR) is 159 cm³/mol. The van der Waals surface area contributed by atoms with Crippen molar-refractivity contribution in [3.63, 3.8) is 0 Å². The molecule has 0 aromatic heterocycles. The van der Waals surface area contributed by atoms with Crippen LogP contribution in [0.25, 0.3) is 0 Å². The van der Waals surface area contributed by atoms with Crippen LogP contribution in [-0.2, 0) is 20.6 Å². The first-order valence-corrected chi connectivity index (χ1v) is 15.6. The predicted octanol–water partition coefficient (Wildman–Crippen LogP) is 4.09. The number of sulfonamides is 1. The summed E-state index contributed by atoms with van der Waals surface area (Å²) in [4.78, 5) is 14.8. The number of amides is 1. The Morgan fingerprint density at radius 2 is 1.67 bits per heavy atom. The van der Waals surface area contributed by atoms with E-state index < -0.39 is 15.9 Å². The first-order valence-electron chi connectivity index (χ1n) is 13.5. The smallest absolute Gasteiger partial charge is 0.269 e. The lowest BCUT2D eigenvalue weighted by Crippen LogP contribution is -2.41. The molecule has 0 radical (unpaired) electrons. The third-order valence-corrected chi connectivity index (χ3v) is 7.82. The second-order valence-corrected chi connectivity index (χ2v) is 11.3. The molecule has 39 heavy (non-hydrogen) atoms. The molecule has 0 aliphatic carbocycles. The molecule has 0 aliphatic heterocycles. The van der Waals surface area contributed by atoms with Gasteiger partial charge in [-0.2, -0.15) is 0 Å². The first kappa shape index (κ1) is 32.3. The molecule has 2 aromatic carbocycles. The fraction of sp³-hybridized carbons (Fsp3) is 0.448. The zero-order valence-corrected chi connectivity index (χ0v) is 24.6. The topological polar surface area (TPSA) is 113 Å². The van der Waals surface area contributed by atoms with Crippen LogP contribution in [0.3, 0.4) is 0 Å². The van der Waals surface area contributed by atoms with Gasteiger partial charge >= 0.3 is 0 Å². The molecule has 2 rings (SSSR count). The summed E-state index contributed by atoms with van der Waals surface area (Å²) >= 11 is 6.47. The quantitative estimate of drug-likeness (QED) is 0.132. The van der Waals surface area contributed by atoms with E-state index >= 15 is 0 Å². The molecule has 8 nitrogen and oxygen atoms in total. The zero-order chi connectivity index (χ0) is 28.5. The summed E-state index contributed by atoms with van der Waals surface area (Å²) < 4.78 is 33.5. The second-order valence-electron chi connectivity index (χ2n) is 9.15. The maximum Gasteiger partial charge on any atom is 0.269 e. The molecule has 0 fully saturated rings. The van der Waals surface area contributed by atoms with E-state index in [0.29, 0.717) is 35.8 Å². The third kappa shape index (κ3) is 11.8. The molecule has 2 aromatic rings. The van der Waals surface area contributed by atoms with Crippen molar-refractivity contribution in [2.45, 2.75) is 58.1 Å². The van der Waals surface area contributed by atoms with Crippen LogP contribution < -0.4 is 20.2 Å². The van der Waals surface area contributed by atoms with Crippen LogP contribution >= 0.6 is 11.6 Å². The standard InChI is InChI=1S/C29H41ClN4O4S/c1-3-5-6-7-8-14-21-38-27-18-13-12-17-25(27)33-29(35)28(30)26(22-31)34(4-2)20-19-32-39(36,37)23-24-15-10-9-11-16-24/h9-13,15-18,22,31-32H,3-8,14,19-21,23H2,1-2H3,(H,33,35)/p+1/b28-26-,31-22?. The highest BCUT2D eigenvalue weighted by molar-refractivity contribution is 7.88. The van der Waals surface area contributed by atoms with Gasteiger partial charge in [-0.15, -0.1) is 0 Å². The van der Waals surface area contributed by atoms with E-state index in [1.807, 2.05) is 19.1 Å². The first-order chi connectivity index (χ1) is 18.8. The van der Waals surface area contributed by atoms with E-state index in [-0.39, 0.29) is 23.9 Å². The molecule has 0 aliphatic rings. The Balaban J connectivity index is 1.97. The Kier molecular flexibility index (Phi) is 14.6. The molecule has 10 heteroatoms. The largest absolute Gasteiger partial charge is 0.491 e. The summed E-state index contributed by atoms with van der Waals surface area (Å²) in [6, 6.07) is 16.2. The fourth-order valence-electron chi connectivity index (χ4n) is 4.00. The number of likely N-dealkylation sites (N-methyl/N-ethyl adjacent to an activating group) is 1. The molecular weight excluding hydrogens is 536 g/mol. The molecule has 0 heterocycles. The van der Waals surface area contributed by atoms with E-state index in [1.54, 1.807) is 47.4 Å². The molecule has 0 bridgehead atoms. The number of allylic oxidation sites excluding steroid dienone is 1. The monoisotopic (exact) mass is 577 g/mol. The van der Waals surface area contributed by atoms with E-state index in [2.05, 4.69) is 17.0 Å². The zero-order valence-electron chi connectivity index (χ0n) is 23.0. The lowest BCUT2D eigenvalue weighted by Gasteiger charge is -2.23. The number of hydrogen-bond acceptors (Lipinski definition) is 5. The van der Waals surface area contributed by atoms with Crippen molar-refractivity contribution in [3.8, 4) is 5.75 Å². The Morgan fingerprint density at radius 1 is 1.00 bits per heavy atom. The molecule has 4 N–H and O–H groups in total. The number of ether oxygens (including phenoxy) is 1. The van der Waals surface area contributed by atoms with Gasteiger partial charge in [-0.25, -0.2) is 13.1 Å². The molecule has 0 unspecified atom stereocenters. The van der Waals surface area contributed by atoms with Gasteiger partial charge in [-0.3, -0.25) is 10.2 Å². The number of carbonyl (C=O) groups is 1. The average Bonchev–Trinajstić information content (AvgIpc) is 2.93. The number of para-hydroxylation sites is 2. The van der Waals surface area contributed by atoms with Crippen molar-refractivity contribution >= 4 is 39.4 Å². The SMILES string of the molecule is CCCCCCCCOc1ccccc1NC(=O)/C(Cl)=C(\C=[NH2+])N(CC)CCNS(=O)(=O)Cc1ccccc1. The second kappa shape index (κ2) is 17.7. The van der Waals surface area contributed by atoms with Crippen molar-refractivity contribution in [2.24, 2.45) is 0 Å². The van der Waals surface area contributed by atoms with Gasteiger partial charge in [-0.1, -0.05) is 93.1 Å². The number of nitrogens with zero attached hydrogens (tertiary/aromatic N) is 1. The number of nitrogens with two attached hydrogens (primary N) is 1. The summed E-state index contributed by atoms with van der Waals surface area (Å²) in [5.41, 5.74) is 1.52.